The minimum absolute atomic E-state index is 0.241. The van der Waals surface area contributed by atoms with Gasteiger partial charge in [-0.1, -0.05) is 30.3 Å². The number of aryl methyl sites for hydroxylation is 1. The molecule has 176 valence electrons. The van der Waals surface area contributed by atoms with E-state index in [1.54, 1.807) is 23.5 Å². The van der Waals surface area contributed by atoms with Crippen molar-refractivity contribution in [3.8, 4) is 17.2 Å². The van der Waals surface area contributed by atoms with Crippen molar-refractivity contribution in [2.24, 2.45) is 4.99 Å². The van der Waals surface area contributed by atoms with Crippen molar-refractivity contribution in [1.29, 1.82) is 0 Å². The fourth-order valence-electron chi connectivity index (χ4n) is 4.53. The summed E-state index contributed by atoms with van der Waals surface area (Å²) in [5.41, 5.74) is 2.30. The highest BCUT2D eigenvalue weighted by atomic mass is 32.2. The number of sulfonamides is 1. The fraction of sp³-hybridized carbons (Fsp3) is 0.269. The highest BCUT2D eigenvalue weighted by molar-refractivity contribution is 7.89. The van der Waals surface area contributed by atoms with Crippen molar-refractivity contribution in [1.82, 2.24) is 9.21 Å². The van der Waals surface area contributed by atoms with Crippen molar-refractivity contribution in [3.05, 3.63) is 77.9 Å². The number of para-hydroxylation sites is 2. The zero-order valence-corrected chi connectivity index (χ0v) is 20.2. The quantitative estimate of drug-likeness (QED) is 0.552. The summed E-state index contributed by atoms with van der Waals surface area (Å²) in [6.45, 7) is 5.14. The topological polar surface area (TPSA) is 71.4 Å². The first kappa shape index (κ1) is 22.4. The maximum Gasteiger partial charge on any atom is 0.243 e. The summed E-state index contributed by atoms with van der Waals surface area (Å²) in [6, 6.07) is 20.2. The first-order valence-corrected chi connectivity index (χ1v) is 12.7. The van der Waals surface area contributed by atoms with Crippen LogP contribution in [0.25, 0.3) is 0 Å². The maximum atomic E-state index is 13.4. The molecule has 0 spiro atoms. The number of ether oxygens (including phenoxy) is 2. The monoisotopic (exact) mass is 477 g/mol. The minimum Gasteiger partial charge on any atom is -0.497 e. The first-order chi connectivity index (χ1) is 16.4. The van der Waals surface area contributed by atoms with Gasteiger partial charge in [0, 0.05) is 25.7 Å². The van der Waals surface area contributed by atoms with Crippen LogP contribution in [0.5, 0.6) is 17.2 Å². The molecule has 2 aliphatic rings. The third kappa shape index (κ3) is 3.93. The van der Waals surface area contributed by atoms with Gasteiger partial charge in [-0.3, -0.25) is 0 Å². The van der Waals surface area contributed by atoms with E-state index in [-0.39, 0.29) is 6.04 Å². The van der Waals surface area contributed by atoms with Crippen LogP contribution in [0.3, 0.4) is 0 Å². The van der Waals surface area contributed by atoms with E-state index >= 15 is 0 Å². The van der Waals surface area contributed by atoms with Crippen LogP contribution in [-0.4, -0.2) is 56.2 Å². The van der Waals surface area contributed by atoms with Crippen molar-refractivity contribution < 1.29 is 17.9 Å². The van der Waals surface area contributed by atoms with Gasteiger partial charge in [0.1, 0.15) is 23.0 Å². The van der Waals surface area contributed by atoms with Gasteiger partial charge in [-0.05, 0) is 55.8 Å². The molecule has 8 heteroatoms. The van der Waals surface area contributed by atoms with Gasteiger partial charge in [-0.2, -0.15) is 4.31 Å². The molecule has 2 aliphatic heterocycles. The predicted octanol–water partition coefficient (Wildman–Crippen LogP) is 4.58. The van der Waals surface area contributed by atoms with Gasteiger partial charge >= 0.3 is 0 Å². The molecule has 0 saturated carbocycles. The van der Waals surface area contributed by atoms with Crippen LogP contribution in [0, 0.1) is 6.92 Å². The van der Waals surface area contributed by atoms with Gasteiger partial charge in [0.25, 0.3) is 0 Å². The second-order valence-electron chi connectivity index (χ2n) is 8.54. The molecule has 1 atom stereocenters. The number of amidine groups is 1. The molecule has 1 saturated heterocycles. The molecule has 0 N–H and O–H groups in total. The van der Waals surface area contributed by atoms with E-state index < -0.39 is 10.0 Å². The Balaban J connectivity index is 1.50. The summed E-state index contributed by atoms with van der Waals surface area (Å²) < 4.78 is 40.1. The highest BCUT2D eigenvalue weighted by Crippen LogP contribution is 2.39. The van der Waals surface area contributed by atoms with E-state index in [4.69, 9.17) is 14.5 Å². The van der Waals surface area contributed by atoms with E-state index in [1.807, 2.05) is 68.4 Å². The number of aliphatic imine (C=N–C) groups is 1. The molecule has 0 aliphatic carbocycles. The van der Waals surface area contributed by atoms with Crippen LogP contribution < -0.4 is 9.47 Å². The van der Waals surface area contributed by atoms with Crippen LogP contribution in [-0.2, 0) is 10.0 Å². The van der Waals surface area contributed by atoms with E-state index in [9.17, 15) is 8.42 Å². The summed E-state index contributed by atoms with van der Waals surface area (Å²) in [6.07, 6.45) is 0. The highest BCUT2D eigenvalue weighted by Gasteiger charge is 2.36. The van der Waals surface area contributed by atoms with Crippen molar-refractivity contribution in [3.63, 3.8) is 0 Å². The normalized spacial score (nSPS) is 18.3. The first-order valence-electron chi connectivity index (χ1n) is 11.2. The summed E-state index contributed by atoms with van der Waals surface area (Å²) in [7, 11) is -1.97. The summed E-state index contributed by atoms with van der Waals surface area (Å²) >= 11 is 0. The largest absolute Gasteiger partial charge is 0.497 e. The van der Waals surface area contributed by atoms with Crippen LogP contribution >= 0.6 is 0 Å². The molecule has 0 aromatic heterocycles. The number of rotatable bonds is 3. The van der Waals surface area contributed by atoms with E-state index in [1.165, 1.54) is 0 Å². The van der Waals surface area contributed by atoms with Crippen LogP contribution in [0.15, 0.2) is 76.6 Å². The fourth-order valence-corrected chi connectivity index (χ4v) is 6.37. The number of methoxy groups -OCH3 is 1. The standard InChI is InChI=1S/C26H27N3O4S/c1-18-8-4-7-11-25(18)34(30,31)29-15-14-28(17-19(29)2)26-21-16-20(32-3)12-13-23(21)33-24-10-6-5-9-22(24)27-26/h4-13,16,19H,14-15,17H2,1-3H3/t19-/m1/s1. The smallest absolute Gasteiger partial charge is 0.243 e. The summed E-state index contributed by atoms with van der Waals surface area (Å²) in [4.78, 5) is 7.47. The lowest BCUT2D eigenvalue weighted by Gasteiger charge is -2.40. The molecular weight excluding hydrogens is 450 g/mol. The minimum atomic E-state index is -3.60. The molecule has 1 fully saturated rings. The third-order valence-electron chi connectivity index (χ3n) is 6.29. The number of benzene rings is 3. The molecule has 0 bridgehead atoms. The molecule has 0 amide bonds. The number of hydrogen-bond donors (Lipinski definition) is 0. The number of fused-ring (bicyclic) bond motifs is 2. The molecule has 0 unspecified atom stereocenters. The Labute approximate surface area is 200 Å². The molecule has 7 nitrogen and oxygen atoms in total. The molecular formula is C26H27N3O4S. The van der Waals surface area contributed by atoms with E-state index in [0.29, 0.717) is 41.8 Å². The van der Waals surface area contributed by atoms with Gasteiger partial charge in [-0.25, -0.2) is 13.4 Å². The summed E-state index contributed by atoms with van der Waals surface area (Å²) in [5.74, 6) is 2.82. The second-order valence-corrected chi connectivity index (χ2v) is 10.4. The lowest BCUT2D eigenvalue weighted by molar-refractivity contribution is 0.205. The van der Waals surface area contributed by atoms with Crippen molar-refractivity contribution >= 4 is 21.5 Å². The van der Waals surface area contributed by atoms with E-state index in [0.717, 1.165) is 22.6 Å². The van der Waals surface area contributed by atoms with E-state index in [2.05, 4.69) is 4.90 Å². The maximum absolute atomic E-state index is 13.4. The Morgan fingerprint density at radius 2 is 1.76 bits per heavy atom. The lowest BCUT2D eigenvalue weighted by Crippen LogP contribution is -2.55. The zero-order chi connectivity index (χ0) is 23.9. The Morgan fingerprint density at radius 3 is 2.53 bits per heavy atom. The predicted molar refractivity (Wildman–Crippen MR) is 132 cm³/mol. The Morgan fingerprint density at radius 1 is 1.00 bits per heavy atom. The SMILES string of the molecule is COc1ccc2c(c1)C(N1CCN(S(=O)(=O)c3ccccc3C)[C@H](C)C1)=Nc1ccccc1O2. The zero-order valence-electron chi connectivity index (χ0n) is 19.4. The number of nitrogens with zero attached hydrogens (tertiary/aromatic N) is 3. The van der Waals surface area contributed by atoms with Gasteiger partial charge in [0.05, 0.1) is 17.6 Å². The molecule has 34 heavy (non-hydrogen) atoms. The van der Waals surface area contributed by atoms with Gasteiger partial charge in [-0.15, -0.1) is 0 Å². The average molecular weight is 478 g/mol. The third-order valence-corrected chi connectivity index (χ3v) is 8.46. The van der Waals surface area contributed by atoms with Gasteiger partial charge < -0.3 is 14.4 Å². The molecule has 3 aromatic carbocycles. The molecule has 5 rings (SSSR count). The second kappa shape index (κ2) is 8.77. The van der Waals surface area contributed by atoms with Crippen LogP contribution in [0.4, 0.5) is 5.69 Å². The summed E-state index contributed by atoms with van der Waals surface area (Å²) in [5, 5.41) is 0. The van der Waals surface area contributed by atoms with Crippen LogP contribution in [0.1, 0.15) is 18.1 Å². The molecule has 3 aromatic rings. The van der Waals surface area contributed by atoms with Gasteiger partial charge in [0.15, 0.2) is 5.75 Å². The number of piperazine rings is 1. The van der Waals surface area contributed by atoms with Gasteiger partial charge in [0.2, 0.25) is 10.0 Å². The van der Waals surface area contributed by atoms with Crippen molar-refractivity contribution in [2.75, 3.05) is 26.7 Å². The molecule has 0 radical (unpaired) electrons. The number of hydrogen-bond acceptors (Lipinski definition) is 6. The molecule has 2 heterocycles. The van der Waals surface area contributed by atoms with Crippen molar-refractivity contribution in [2.45, 2.75) is 24.8 Å². The Kier molecular flexibility index (Phi) is 5.79. The Bertz CT molecular complexity index is 1370. The lowest BCUT2D eigenvalue weighted by atomic mass is 10.1. The average Bonchev–Trinajstić information content (AvgIpc) is 3.00. The Hall–Kier alpha value is -3.36. The van der Waals surface area contributed by atoms with Crippen LogP contribution in [0.2, 0.25) is 0 Å².